The van der Waals surface area contributed by atoms with Gasteiger partial charge in [-0.05, 0) is 59.5 Å². The maximum atomic E-state index is 5.86. The van der Waals surface area contributed by atoms with Gasteiger partial charge < -0.3 is 11.1 Å². The van der Waals surface area contributed by atoms with Gasteiger partial charge in [0, 0.05) is 5.69 Å². The van der Waals surface area contributed by atoms with E-state index in [1.165, 1.54) is 16.7 Å². The molecule has 1 aromatic carbocycles. The zero-order valence-corrected chi connectivity index (χ0v) is 11.4. The molecule has 0 aliphatic rings. The van der Waals surface area contributed by atoms with Crippen LogP contribution in [0.5, 0.6) is 0 Å². The molecule has 2 rings (SSSR count). The van der Waals surface area contributed by atoms with E-state index < -0.39 is 0 Å². The monoisotopic (exact) mass is 259 g/mol. The molecule has 0 unspecified atom stereocenters. The Morgan fingerprint density at radius 2 is 2.00 bits per heavy atom. The molecule has 0 aliphatic heterocycles. The van der Waals surface area contributed by atoms with E-state index in [4.69, 9.17) is 5.73 Å². The highest BCUT2D eigenvalue weighted by molar-refractivity contribution is 7.07. The molecule has 0 amide bonds. The number of anilines is 1. The second kappa shape index (κ2) is 5.69. The Kier molecular flexibility index (Phi) is 3.99. The van der Waals surface area contributed by atoms with Gasteiger partial charge in [-0.3, -0.25) is 0 Å². The Hall–Kier alpha value is -1.81. The third-order valence-electron chi connectivity index (χ3n) is 2.51. The average molecular weight is 259 g/mol. The minimum absolute atomic E-state index is 0.450. The summed E-state index contributed by atoms with van der Waals surface area (Å²) < 4.78 is 0. The molecule has 1 heterocycles. The number of hydrogen-bond acceptors (Lipinski definition) is 2. The van der Waals surface area contributed by atoms with Crippen molar-refractivity contribution in [3.63, 3.8) is 0 Å². The highest BCUT2D eigenvalue weighted by atomic mass is 32.1. The van der Waals surface area contributed by atoms with Gasteiger partial charge in [0.15, 0.2) is 5.96 Å². The van der Waals surface area contributed by atoms with Crippen LogP contribution in [-0.2, 0) is 6.54 Å². The molecule has 3 nitrogen and oxygen atoms in total. The first-order chi connectivity index (χ1) is 8.63. The van der Waals surface area contributed by atoms with E-state index in [0.29, 0.717) is 12.5 Å². The summed E-state index contributed by atoms with van der Waals surface area (Å²) in [5.41, 5.74) is 10.5. The number of benzene rings is 1. The van der Waals surface area contributed by atoms with Gasteiger partial charge in [0.25, 0.3) is 0 Å². The van der Waals surface area contributed by atoms with Crippen LogP contribution in [-0.4, -0.2) is 5.96 Å². The molecule has 0 atom stereocenters. The molecule has 0 saturated heterocycles. The van der Waals surface area contributed by atoms with E-state index >= 15 is 0 Å². The zero-order chi connectivity index (χ0) is 13.0. The molecule has 94 valence electrons. The lowest BCUT2D eigenvalue weighted by Gasteiger charge is -2.07. The van der Waals surface area contributed by atoms with Crippen LogP contribution in [0.3, 0.4) is 0 Å². The molecule has 18 heavy (non-hydrogen) atoms. The van der Waals surface area contributed by atoms with Crippen molar-refractivity contribution >= 4 is 23.0 Å². The van der Waals surface area contributed by atoms with E-state index in [1.807, 2.05) is 5.38 Å². The van der Waals surface area contributed by atoms with Crippen molar-refractivity contribution < 1.29 is 0 Å². The lowest BCUT2D eigenvalue weighted by atomic mass is 10.1. The third-order valence-corrected chi connectivity index (χ3v) is 3.24. The van der Waals surface area contributed by atoms with Crippen LogP contribution >= 0.6 is 11.3 Å². The van der Waals surface area contributed by atoms with E-state index in [1.54, 1.807) is 11.3 Å². The van der Waals surface area contributed by atoms with Crippen molar-refractivity contribution in [1.82, 2.24) is 0 Å². The number of nitrogens with zero attached hydrogens (tertiary/aromatic N) is 1. The summed E-state index contributed by atoms with van der Waals surface area (Å²) >= 11 is 1.67. The predicted octanol–water partition coefficient (Wildman–Crippen LogP) is 3.29. The molecule has 0 spiro atoms. The lowest BCUT2D eigenvalue weighted by molar-refractivity contribution is 1.07. The molecule has 3 N–H and O–H groups in total. The SMILES string of the molecule is Cc1cc(C)cc(NC(N)=NCc2ccsc2)c1. The fourth-order valence-electron chi connectivity index (χ4n) is 1.79. The minimum atomic E-state index is 0.450. The summed E-state index contributed by atoms with van der Waals surface area (Å²) in [5, 5.41) is 7.23. The summed E-state index contributed by atoms with van der Waals surface area (Å²) in [6.07, 6.45) is 0. The first-order valence-corrected chi connectivity index (χ1v) is 6.74. The molecule has 2 aromatic rings. The van der Waals surface area contributed by atoms with E-state index in [2.05, 4.69) is 53.8 Å². The van der Waals surface area contributed by atoms with Crippen LogP contribution in [0, 0.1) is 13.8 Å². The van der Waals surface area contributed by atoms with Gasteiger partial charge in [0.2, 0.25) is 0 Å². The first kappa shape index (κ1) is 12.6. The number of aryl methyl sites for hydroxylation is 2. The quantitative estimate of drug-likeness (QED) is 0.656. The Morgan fingerprint density at radius 3 is 2.61 bits per heavy atom. The number of rotatable bonds is 3. The summed E-state index contributed by atoms with van der Waals surface area (Å²) in [7, 11) is 0. The standard InChI is InChI=1S/C14H17N3S/c1-10-5-11(2)7-13(6-10)17-14(15)16-8-12-3-4-18-9-12/h3-7,9H,8H2,1-2H3,(H3,15,16,17). The Morgan fingerprint density at radius 1 is 1.28 bits per heavy atom. The highest BCUT2D eigenvalue weighted by Gasteiger charge is 1.98. The largest absolute Gasteiger partial charge is 0.370 e. The number of nitrogens with one attached hydrogen (secondary N) is 1. The van der Waals surface area contributed by atoms with Gasteiger partial charge in [-0.2, -0.15) is 11.3 Å². The third kappa shape index (κ3) is 3.60. The average Bonchev–Trinajstić information content (AvgIpc) is 2.77. The van der Waals surface area contributed by atoms with E-state index in [0.717, 1.165) is 5.69 Å². The van der Waals surface area contributed by atoms with E-state index in [-0.39, 0.29) is 0 Å². The molecule has 0 radical (unpaired) electrons. The molecule has 0 fully saturated rings. The fraction of sp³-hybridized carbons (Fsp3) is 0.214. The van der Waals surface area contributed by atoms with Crippen LogP contribution in [0.15, 0.2) is 40.0 Å². The smallest absolute Gasteiger partial charge is 0.193 e. The number of nitrogens with two attached hydrogens (primary N) is 1. The topological polar surface area (TPSA) is 50.4 Å². The van der Waals surface area contributed by atoms with Crippen molar-refractivity contribution in [3.8, 4) is 0 Å². The van der Waals surface area contributed by atoms with E-state index in [9.17, 15) is 0 Å². The van der Waals surface area contributed by atoms with Crippen LogP contribution in [0.25, 0.3) is 0 Å². The van der Waals surface area contributed by atoms with Crippen LogP contribution in [0.2, 0.25) is 0 Å². The highest BCUT2D eigenvalue weighted by Crippen LogP contribution is 2.13. The van der Waals surface area contributed by atoms with Crippen molar-refractivity contribution in [2.24, 2.45) is 10.7 Å². The number of aliphatic imine (C=N–C) groups is 1. The van der Waals surface area contributed by atoms with Gasteiger partial charge in [-0.25, -0.2) is 4.99 Å². The van der Waals surface area contributed by atoms with Crippen molar-refractivity contribution in [2.45, 2.75) is 20.4 Å². The predicted molar refractivity (Wildman–Crippen MR) is 79.2 cm³/mol. The van der Waals surface area contributed by atoms with Crippen molar-refractivity contribution in [2.75, 3.05) is 5.32 Å². The Labute approximate surface area is 111 Å². The number of thiophene rings is 1. The maximum absolute atomic E-state index is 5.86. The molecular weight excluding hydrogens is 242 g/mol. The molecular formula is C14H17N3S. The fourth-order valence-corrected chi connectivity index (χ4v) is 2.45. The lowest BCUT2D eigenvalue weighted by Crippen LogP contribution is -2.22. The Balaban J connectivity index is 2.02. The summed E-state index contributed by atoms with van der Waals surface area (Å²) in [4.78, 5) is 4.31. The molecule has 0 saturated carbocycles. The summed E-state index contributed by atoms with van der Waals surface area (Å²) in [5.74, 6) is 0.450. The molecule has 4 heteroatoms. The van der Waals surface area contributed by atoms with Gasteiger partial charge in [-0.1, -0.05) is 6.07 Å². The minimum Gasteiger partial charge on any atom is -0.370 e. The van der Waals surface area contributed by atoms with Gasteiger partial charge in [0.1, 0.15) is 0 Å². The zero-order valence-electron chi connectivity index (χ0n) is 10.6. The normalized spacial score (nSPS) is 11.6. The first-order valence-electron chi connectivity index (χ1n) is 5.80. The van der Waals surface area contributed by atoms with Crippen molar-refractivity contribution in [1.29, 1.82) is 0 Å². The maximum Gasteiger partial charge on any atom is 0.193 e. The second-order valence-corrected chi connectivity index (χ2v) is 5.11. The van der Waals surface area contributed by atoms with Gasteiger partial charge in [0.05, 0.1) is 6.54 Å². The van der Waals surface area contributed by atoms with Gasteiger partial charge >= 0.3 is 0 Å². The Bertz CT molecular complexity index is 524. The summed E-state index contributed by atoms with van der Waals surface area (Å²) in [6, 6.07) is 8.29. The van der Waals surface area contributed by atoms with Gasteiger partial charge in [-0.15, -0.1) is 0 Å². The van der Waals surface area contributed by atoms with Crippen LogP contribution in [0.1, 0.15) is 16.7 Å². The second-order valence-electron chi connectivity index (χ2n) is 4.33. The number of guanidine groups is 1. The molecule has 1 aromatic heterocycles. The van der Waals surface area contributed by atoms with Crippen LogP contribution < -0.4 is 11.1 Å². The molecule has 0 bridgehead atoms. The number of hydrogen-bond donors (Lipinski definition) is 2. The summed E-state index contributed by atoms with van der Waals surface area (Å²) in [6.45, 7) is 4.75. The van der Waals surface area contributed by atoms with Crippen molar-refractivity contribution in [3.05, 3.63) is 51.7 Å². The molecule has 0 aliphatic carbocycles. The van der Waals surface area contributed by atoms with Crippen LogP contribution in [0.4, 0.5) is 5.69 Å².